The molecular weight excluding hydrogens is 437 g/mol. The summed E-state index contributed by atoms with van der Waals surface area (Å²) in [6.07, 6.45) is 12.1. The maximum atomic E-state index is 11.7. The molecule has 0 radical (unpaired) electrons. The van der Waals surface area contributed by atoms with Crippen LogP contribution in [0.15, 0.2) is 0 Å². The van der Waals surface area contributed by atoms with Crippen molar-refractivity contribution in [1.29, 1.82) is 0 Å². The van der Waals surface area contributed by atoms with E-state index in [2.05, 4.69) is 0 Å². The molecule has 0 spiro atoms. The SMILES string of the molecule is O=P([O-])(CCCCl)C1CCCCC1.O=P([O-])(CCCCl)C1CCCCC1.[Mg+2]. The minimum atomic E-state index is -3.12. The van der Waals surface area contributed by atoms with Gasteiger partial charge >= 0.3 is 23.1 Å². The molecule has 2 unspecified atom stereocenters. The van der Waals surface area contributed by atoms with Crippen molar-refractivity contribution in [2.24, 2.45) is 0 Å². The summed E-state index contributed by atoms with van der Waals surface area (Å²) in [5.74, 6) is 0.915. The maximum Gasteiger partial charge on any atom is 2.00 e. The topological polar surface area (TPSA) is 80.3 Å². The van der Waals surface area contributed by atoms with Crippen LogP contribution in [0.25, 0.3) is 0 Å². The Morgan fingerprint density at radius 3 is 1.22 bits per heavy atom. The van der Waals surface area contributed by atoms with E-state index in [1.54, 1.807) is 0 Å². The summed E-state index contributed by atoms with van der Waals surface area (Å²) in [6.45, 7) is 0. The van der Waals surface area contributed by atoms with Crippen LogP contribution >= 0.6 is 37.9 Å². The van der Waals surface area contributed by atoms with E-state index < -0.39 is 14.7 Å². The molecule has 2 aliphatic rings. The molecule has 2 rings (SSSR count). The Labute approximate surface area is 191 Å². The molecule has 0 aromatic rings. The van der Waals surface area contributed by atoms with Crippen LogP contribution in [0.2, 0.25) is 0 Å². The summed E-state index contributed by atoms with van der Waals surface area (Å²) >= 11 is 11.0. The molecule has 2 saturated carbocycles. The largest absolute Gasteiger partial charge is 2.00 e. The molecule has 2 fully saturated rings. The number of rotatable bonds is 8. The second-order valence-electron chi connectivity index (χ2n) is 7.57. The summed E-state index contributed by atoms with van der Waals surface area (Å²) in [6, 6.07) is 0. The normalized spacial score (nSPS) is 23.3. The molecule has 2 atom stereocenters. The summed E-state index contributed by atoms with van der Waals surface area (Å²) in [5.41, 5.74) is -0.0751. The van der Waals surface area contributed by atoms with Gasteiger partial charge in [-0.05, 0) is 62.2 Å². The zero-order chi connectivity index (χ0) is 19.5. The van der Waals surface area contributed by atoms with Gasteiger partial charge in [-0.3, -0.25) is 0 Å². The number of hydrogen-bond acceptors (Lipinski definition) is 4. The Morgan fingerprint density at radius 1 is 0.667 bits per heavy atom. The monoisotopic (exact) mass is 470 g/mol. The average molecular weight is 472 g/mol. The third-order valence-electron chi connectivity index (χ3n) is 5.47. The third-order valence-corrected chi connectivity index (χ3v) is 11.1. The standard InChI is InChI=1S/2C9H18ClO2P.Mg/c2*10-7-4-8-13(11,12)9-5-2-1-3-6-9;/h2*9H,1-8H2,(H,11,12);/q;;+2/p-2. The minimum absolute atomic E-state index is 0. The van der Waals surface area contributed by atoms with Crippen LogP contribution in [0.1, 0.15) is 77.0 Å². The van der Waals surface area contributed by atoms with Gasteiger partial charge < -0.3 is 18.9 Å². The van der Waals surface area contributed by atoms with Crippen molar-refractivity contribution in [2.75, 3.05) is 24.1 Å². The van der Waals surface area contributed by atoms with Gasteiger partial charge in [-0.15, -0.1) is 23.2 Å². The van der Waals surface area contributed by atoms with Crippen LogP contribution in [0, 0.1) is 0 Å². The molecule has 0 N–H and O–H groups in total. The van der Waals surface area contributed by atoms with Crippen LogP contribution in [-0.2, 0) is 9.13 Å². The molecule has 156 valence electrons. The minimum Gasteiger partial charge on any atom is -0.799 e. The molecule has 0 bridgehead atoms. The van der Waals surface area contributed by atoms with E-state index in [1.807, 2.05) is 0 Å². The van der Waals surface area contributed by atoms with Crippen LogP contribution in [-0.4, -0.2) is 58.5 Å². The molecule has 0 saturated heterocycles. The summed E-state index contributed by atoms with van der Waals surface area (Å²) in [4.78, 5) is 23.4. The van der Waals surface area contributed by atoms with E-state index in [4.69, 9.17) is 23.2 Å². The second-order valence-corrected chi connectivity index (χ2v) is 13.6. The fourth-order valence-corrected chi connectivity index (χ4v) is 8.75. The van der Waals surface area contributed by atoms with Gasteiger partial charge in [-0.25, -0.2) is 0 Å². The van der Waals surface area contributed by atoms with Gasteiger partial charge in [-0.2, -0.15) is 0 Å². The van der Waals surface area contributed by atoms with Gasteiger partial charge in [0.05, 0.1) is 0 Å². The van der Waals surface area contributed by atoms with Crippen molar-refractivity contribution in [2.45, 2.75) is 88.4 Å². The Kier molecular flexibility index (Phi) is 16.5. The first-order chi connectivity index (χ1) is 12.3. The fourth-order valence-electron chi connectivity index (χ4n) is 3.87. The Balaban J connectivity index is 0.000000483. The van der Waals surface area contributed by atoms with Crippen LogP contribution in [0.3, 0.4) is 0 Å². The number of hydrogen-bond donors (Lipinski definition) is 0. The molecule has 0 aromatic heterocycles. The van der Waals surface area contributed by atoms with E-state index in [1.165, 1.54) is 12.8 Å². The smallest absolute Gasteiger partial charge is 0.799 e. The molecular formula is C18H34Cl2MgO4P2. The van der Waals surface area contributed by atoms with Gasteiger partial charge in [0.2, 0.25) is 0 Å². The van der Waals surface area contributed by atoms with Crippen molar-refractivity contribution in [1.82, 2.24) is 0 Å². The zero-order valence-corrected chi connectivity index (χ0v) is 21.2. The molecule has 0 heterocycles. The summed E-state index contributed by atoms with van der Waals surface area (Å²) < 4.78 is 23.4. The van der Waals surface area contributed by atoms with Gasteiger partial charge in [-0.1, -0.05) is 38.5 Å². The van der Waals surface area contributed by atoms with Crippen molar-refractivity contribution in [3.8, 4) is 0 Å². The molecule has 9 heteroatoms. The van der Waals surface area contributed by atoms with Gasteiger partial charge in [0.15, 0.2) is 0 Å². The molecule has 4 nitrogen and oxygen atoms in total. The predicted octanol–water partition coefficient (Wildman–Crippen LogP) is 4.79. The molecule has 2 aliphatic carbocycles. The van der Waals surface area contributed by atoms with Crippen LogP contribution < -0.4 is 9.79 Å². The quantitative estimate of drug-likeness (QED) is 0.290. The van der Waals surface area contributed by atoms with E-state index >= 15 is 0 Å². The second kappa shape index (κ2) is 15.5. The average Bonchev–Trinajstić information content (AvgIpc) is 2.67. The van der Waals surface area contributed by atoms with Crippen molar-refractivity contribution >= 4 is 61.0 Å². The van der Waals surface area contributed by atoms with E-state index in [-0.39, 0.29) is 34.4 Å². The number of halogens is 2. The van der Waals surface area contributed by atoms with Crippen LogP contribution in [0.4, 0.5) is 0 Å². The van der Waals surface area contributed by atoms with Crippen molar-refractivity contribution in [3.63, 3.8) is 0 Å². The van der Waals surface area contributed by atoms with Crippen molar-refractivity contribution in [3.05, 3.63) is 0 Å². The summed E-state index contributed by atoms with van der Waals surface area (Å²) in [7, 11) is -6.24. The van der Waals surface area contributed by atoms with Gasteiger partial charge in [0.25, 0.3) is 0 Å². The fraction of sp³-hybridized carbons (Fsp3) is 1.00. The van der Waals surface area contributed by atoms with E-state index in [9.17, 15) is 18.9 Å². The molecule has 27 heavy (non-hydrogen) atoms. The van der Waals surface area contributed by atoms with Gasteiger partial charge in [0.1, 0.15) is 0 Å². The van der Waals surface area contributed by atoms with Crippen LogP contribution in [0.5, 0.6) is 0 Å². The molecule has 0 aromatic carbocycles. The first-order valence-electron chi connectivity index (χ1n) is 10.0. The first kappa shape index (κ1) is 28.7. The summed E-state index contributed by atoms with van der Waals surface area (Å²) in [5, 5.41) is 0. The van der Waals surface area contributed by atoms with Gasteiger partial charge in [0, 0.05) is 26.5 Å². The Morgan fingerprint density at radius 2 is 0.963 bits per heavy atom. The molecule has 0 aliphatic heterocycles. The Hall–Kier alpha value is 1.73. The predicted molar refractivity (Wildman–Crippen MR) is 115 cm³/mol. The Bertz CT molecular complexity index is 428. The zero-order valence-electron chi connectivity index (χ0n) is 16.5. The van der Waals surface area contributed by atoms with E-state index in [0.717, 1.165) is 51.4 Å². The maximum absolute atomic E-state index is 11.7. The molecule has 0 amide bonds. The number of alkyl halides is 2. The van der Waals surface area contributed by atoms with Crippen molar-refractivity contribution < 1.29 is 18.9 Å². The third kappa shape index (κ3) is 11.6. The van der Waals surface area contributed by atoms with E-state index in [0.29, 0.717) is 36.9 Å². The first-order valence-corrected chi connectivity index (χ1v) is 14.9.